The smallest absolute Gasteiger partial charge is 0.417 e. The van der Waals surface area contributed by atoms with E-state index in [1.165, 1.54) is 0 Å². The van der Waals surface area contributed by atoms with Crippen molar-refractivity contribution in [2.24, 2.45) is 0 Å². The first-order valence-corrected chi connectivity index (χ1v) is 10.5. The molecular formula is C26H24N2O4. The number of amides is 3. The van der Waals surface area contributed by atoms with Gasteiger partial charge in [0.15, 0.2) is 6.61 Å². The summed E-state index contributed by atoms with van der Waals surface area (Å²) in [6, 6.07) is 28.6. The molecule has 32 heavy (non-hydrogen) atoms. The minimum Gasteiger partial charge on any atom is -0.439 e. The van der Waals surface area contributed by atoms with Crippen molar-refractivity contribution in [1.29, 1.82) is 0 Å². The van der Waals surface area contributed by atoms with Crippen molar-refractivity contribution >= 4 is 17.9 Å². The lowest BCUT2D eigenvalue weighted by Crippen LogP contribution is -2.40. The molecule has 0 radical (unpaired) electrons. The molecule has 0 aliphatic carbocycles. The van der Waals surface area contributed by atoms with Gasteiger partial charge in [0.25, 0.3) is 5.91 Å². The second kappa shape index (κ2) is 9.92. The number of carbonyl (C=O) groups is 3. The fraction of sp³-hybridized carbons (Fsp3) is 0.192. The number of ether oxygens (including phenoxy) is 1. The average molecular weight is 428 g/mol. The lowest BCUT2D eigenvalue weighted by Gasteiger charge is -2.24. The number of rotatable bonds is 8. The normalized spacial score (nSPS) is 14.3. The summed E-state index contributed by atoms with van der Waals surface area (Å²) in [6.07, 6.45) is -0.452. The molecule has 1 atom stereocenters. The number of imide groups is 1. The van der Waals surface area contributed by atoms with E-state index in [0.29, 0.717) is 0 Å². The van der Waals surface area contributed by atoms with Crippen LogP contribution in [0, 0.1) is 0 Å². The van der Waals surface area contributed by atoms with Gasteiger partial charge in [0, 0.05) is 12.3 Å². The molecule has 1 unspecified atom stereocenters. The van der Waals surface area contributed by atoms with Crippen LogP contribution in [0.2, 0.25) is 0 Å². The minimum atomic E-state index is -0.684. The van der Waals surface area contributed by atoms with E-state index in [4.69, 9.17) is 4.74 Å². The van der Waals surface area contributed by atoms with Crippen molar-refractivity contribution in [3.8, 4) is 0 Å². The van der Waals surface area contributed by atoms with Gasteiger partial charge in [-0.2, -0.15) is 0 Å². The van der Waals surface area contributed by atoms with Gasteiger partial charge in [-0.3, -0.25) is 9.59 Å². The lowest BCUT2D eigenvalue weighted by atomic mass is 9.88. The fourth-order valence-electron chi connectivity index (χ4n) is 3.90. The Balaban J connectivity index is 1.55. The second-order valence-electron chi connectivity index (χ2n) is 7.67. The molecule has 0 aromatic heterocycles. The summed E-state index contributed by atoms with van der Waals surface area (Å²) in [6.45, 7) is -0.243. The Kier molecular flexibility index (Phi) is 6.60. The Morgan fingerprint density at radius 1 is 0.812 bits per heavy atom. The van der Waals surface area contributed by atoms with Crippen LogP contribution in [0.25, 0.3) is 0 Å². The number of hydrogen-bond acceptors (Lipinski definition) is 4. The number of carbonyl (C=O) groups excluding carboxylic acids is 3. The van der Waals surface area contributed by atoms with Crippen molar-refractivity contribution in [2.45, 2.75) is 18.4 Å². The minimum absolute atomic E-state index is 0.0226. The van der Waals surface area contributed by atoms with Gasteiger partial charge in [0.05, 0.1) is 12.6 Å². The van der Waals surface area contributed by atoms with Gasteiger partial charge in [0.2, 0.25) is 5.91 Å². The third-order valence-corrected chi connectivity index (χ3v) is 5.54. The third kappa shape index (κ3) is 5.03. The van der Waals surface area contributed by atoms with Crippen molar-refractivity contribution in [2.75, 3.05) is 13.2 Å². The van der Waals surface area contributed by atoms with Gasteiger partial charge >= 0.3 is 6.09 Å². The van der Waals surface area contributed by atoms with Crippen LogP contribution < -0.4 is 5.32 Å². The Hall–Kier alpha value is -3.93. The predicted octanol–water partition coefficient (Wildman–Crippen LogP) is 4.04. The molecule has 1 saturated heterocycles. The number of benzene rings is 3. The summed E-state index contributed by atoms with van der Waals surface area (Å²) >= 11 is 0. The highest BCUT2D eigenvalue weighted by Crippen LogP contribution is 2.28. The predicted molar refractivity (Wildman–Crippen MR) is 120 cm³/mol. The van der Waals surface area contributed by atoms with Gasteiger partial charge in [-0.05, 0) is 16.7 Å². The maximum Gasteiger partial charge on any atom is 0.417 e. The molecule has 6 nitrogen and oxygen atoms in total. The summed E-state index contributed by atoms with van der Waals surface area (Å²) in [5.74, 6) is -0.694. The summed E-state index contributed by atoms with van der Waals surface area (Å²) < 4.78 is 4.82. The van der Waals surface area contributed by atoms with Gasteiger partial charge in [-0.25, -0.2) is 9.69 Å². The van der Waals surface area contributed by atoms with Crippen LogP contribution in [-0.2, 0) is 14.3 Å². The van der Waals surface area contributed by atoms with E-state index >= 15 is 0 Å². The highest BCUT2D eigenvalue weighted by Gasteiger charge is 2.34. The summed E-state index contributed by atoms with van der Waals surface area (Å²) in [4.78, 5) is 38.2. The molecule has 1 heterocycles. The van der Waals surface area contributed by atoms with Gasteiger partial charge < -0.3 is 10.1 Å². The Morgan fingerprint density at radius 2 is 1.31 bits per heavy atom. The zero-order valence-electron chi connectivity index (χ0n) is 17.5. The number of nitrogens with one attached hydrogen (secondary N) is 1. The van der Waals surface area contributed by atoms with Crippen LogP contribution in [-0.4, -0.2) is 36.0 Å². The topological polar surface area (TPSA) is 75.7 Å². The molecule has 4 rings (SSSR count). The molecule has 0 saturated carbocycles. The third-order valence-electron chi connectivity index (χ3n) is 5.54. The van der Waals surface area contributed by atoms with E-state index in [1.807, 2.05) is 91.0 Å². The van der Waals surface area contributed by atoms with E-state index in [-0.39, 0.29) is 31.4 Å². The first-order valence-electron chi connectivity index (χ1n) is 10.5. The standard InChI is InChI=1S/C26H24N2O4/c29-24(16-22(19-10-4-1-5-11-19)20-12-6-2-7-13-20)27-23(21-14-8-3-9-15-21)17-28-25(30)18-32-26(28)31/h1-15,22-23H,16-18H2,(H,27,29). The molecule has 0 spiro atoms. The maximum absolute atomic E-state index is 13.2. The monoisotopic (exact) mass is 428 g/mol. The van der Waals surface area contributed by atoms with Crippen molar-refractivity contribution in [3.63, 3.8) is 0 Å². The van der Waals surface area contributed by atoms with Crippen LogP contribution in [0.15, 0.2) is 91.0 Å². The molecule has 1 aliphatic rings. The van der Waals surface area contributed by atoms with E-state index in [2.05, 4.69) is 5.32 Å². The van der Waals surface area contributed by atoms with E-state index < -0.39 is 18.0 Å². The quantitative estimate of drug-likeness (QED) is 0.587. The molecule has 3 aromatic rings. The number of cyclic esters (lactones) is 1. The number of hydrogen-bond donors (Lipinski definition) is 1. The zero-order valence-corrected chi connectivity index (χ0v) is 17.5. The van der Waals surface area contributed by atoms with Crippen molar-refractivity contribution in [1.82, 2.24) is 10.2 Å². The fourth-order valence-corrected chi connectivity index (χ4v) is 3.90. The summed E-state index contributed by atoms with van der Waals surface area (Å²) in [5.41, 5.74) is 2.90. The number of nitrogens with zero attached hydrogens (tertiary/aromatic N) is 1. The molecule has 1 fully saturated rings. The van der Waals surface area contributed by atoms with Crippen molar-refractivity contribution in [3.05, 3.63) is 108 Å². The second-order valence-corrected chi connectivity index (χ2v) is 7.67. The maximum atomic E-state index is 13.2. The van der Waals surface area contributed by atoms with Crippen LogP contribution in [0.5, 0.6) is 0 Å². The van der Waals surface area contributed by atoms with Crippen LogP contribution >= 0.6 is 0 Å². The molecular weight excluding hydrogens is 404 g/mol. The lowest BCUT2D eigenvalue weighted by molar-refractivity contribution is -0.127. The largest absolute Gasteiger partial charge is 0.439 e. The van der Waals surface area contributed by atoms with E-state index in [0.717, 1.165) is 21.6 Å². The van der Waals surface area contributed by atoms with Crippen molar-refractivity contribution < 1.29 is 19.1 Å². The van der Waals surface area contributed by atoms with Crippen LogP contribution in [0.1, 0.15) is 35.1 Å². The molecule has 1 N–H and O–H groups in total. The zero-order chi connectivity index (χ0) is 22.3. The Bertz CT molecular complexity index is 1020. The average Bonchev–Trinajstić information content (AvgIpc) is 3.16. The molecule has 6 heteroatoms. The SMILES string of the molecule is O=C(CC(c1ccccc1)c1ccccc1)NC(CN1C(=O)COC1=O)c1ccccc1. The first kappa shape index (κ1) is 21.3. The highest BCUT2D eigenvalue weighted by atomic mass is 16.6. The van der Waals surface area contributed by atoms with Gasteiger partial charge in [0.1, 0.15) is 0 Å². The van der Waals surface area contributed by atoms with Gasteiger partial charge in [-0.1, -0.05) is 91.0 Å². The Morgan fingerprint density at radius 3 is 1.78 bits per heavy atom. The molecule has 3 aromatic carbocycles. The summed E-state index contributed by atoms with van der Waals surface area (Å²) in [7, 11) is 0. The first-order chi connectivity index (χ1) is 15.6. The Labute approximate surface area is 186 Å². The van der Waals surface area contributed by atoms with Gasteiger partial charge in [-0.15, -0.1) is 0 Å². The highest BCUT2D eigenvalue weighted by molar-refractivity contribution is 5.97. The molecule has 1 aliphatic heterocycles. The van der Waals surface area contributed by atoms with E-state index in [1.54, 1.807) is 0 Å². The molecule has 162 valence electrons. The molecule has 3 amide bonds. The molecule has 0 bridgehead atoms. The summed E-state index contributed by atoms with van der Waals surface area (Å²) in [5, 5.41) is 3.03. The van der Waals surface area contributed by atoms with Crippen LogP contribution in [0.3, 0.4) is 0 Å². The van der Waals surface area contributed by atoms with E-state index in [9.17, 15) is 14.4 Å². The van der Waals surface area contributed by atoms with Crippen LogP contribution in [0.4, 0.5) is 4.79 Å².